The summed E-state index contributed by atoms with van der Waals surface area (Å²) in [4.78, 5) is 13.1. The Balaban J connectivity index is 2.37. The molecule has 0 spiro atoms. The van der Waals surface area contributed by atoms with Crippen molar-refractivity contribution in [3.8, 4) is 11.4 Å². The molecule has 0 aliphatic heterocycles. The van der Waals surface area contributed by atoms with Crippen molar-refractivity contribution >= 4 is 0 Å². The lowest BCUT2D eigenvalue weighted by Crippen LogP contribution is -2.39. The molecule has 0 saturated carbocycles. The molecule has 31 heavy (non-hydrogen) atoms. The van der Waals surface area contributed by atoms with E-state index in [0.29, 0.717) is 23.7 Å². The third-order valence-electron chi connectivity index (χ3n) is 6.04. The number of hydrogen-bond acceptors (Lipinski definition) is 1. The first-order valence-electron chi connectivity index (χ1n) is 11.5. The minimum absolute atomic E-state index is 0.000579. The molecule has 3 nitrogen and oxygen atoms in total. The minimum atomic E-state index is -0.000579. The Bertz CT molecular complexity index is 1070. The topological polar surface area (TPSA) is 25.9 Å². The normalized spacial score (nSPS) is 11.9. The molecule has 0 fully saturated rings. The molecule has 164 valence electrons. The van der Waals surface area contributed by atoms with Gasteiger partial charge in [0.05, 0.1) is 6.07 Å². The van der Waals surface area contributed by atoms with Crippen LogP contribution in [0.4, 0.5) is 0 Å². The average molecular weight is 418 g/mol. The fourth-order valence-corrected chi connectivity index (χ4v) is 4.34. The van der Waals surface area contributed by atoms with Gasteiger partial charge in [0.2, 0.25) is 0 Å². The van der Waals surface area contributed by atoms with E-state index in [1.807, 2.05) is 17.1 Å². The summed E-state index contributed by atoms with van der Waals surface area (Å²) >= 11 is 0. The SMILES string of the molecule is CC(C)c1cccc(C(C)C)c1-n1c[n+](-c2c(C(C)C)cccc2C(C)C)ccc1=O. The molecule has 0 radical (unpaired) electrons. The van der Waals surface area contributed by atoms with Crippen LogP contribution in [0.15, 0.2) is 59.8 Å². The van der Waals surface area contributed by atoms with Crippen molar-refractivity contribution in [2.45, 2.75) is 79.1 Å². The molecule has 3 rings (SSSR count). The van der Waals surface area contributed by atoms with Crippen molar-refractivity contribution < 1.29 is 4.57 Å². The van der Waals surface area contributed by atoms with Gasteiger partial charge in [-0.25, -0.2) is 9.36 Å². The summed E-state index contributed by atoms with van der Waals surface area (Å²) in [7, 11) is 0. The minimum Gasteiger partial charge on any atom is -0.241 e. The predicted molar refractivity (Wildman–Crippen MR) is 130 cm³/mol. The summed E-state index contributed by atoms with van der Waals surface area (Å²) in [5, 5.41) is 0. The second-order valence-electron chi connectivity index (χ2n) is 9.74. The maximum atomic E-state index is 13.1. The molecule has 0 saturated heterocycles. The van der Waals surface area contributed by atoms with Gasteiger partial charge in [-0.05, 0) is 23.7 Å². The Morgan fingerprint density at radius 2 is 1.06 bits per heavy atom. The fourth-order valence-electron chi connectivity index (χ4n) is 4.34. The summed E-state index contributed by atoms with van der Waals surface area (Å²) in [5.74, 6) is 1.42. The first-order valence-corrected chi connectivity index (χ1v) is 11.5. The van der Waals surface area contributed by atoms with Gasteiger partial charge in [0.25, 0.3) is 6.33 Å². The molecular formula is C28H37N2O+. The second kappa shape index (κ2) is 9.21. The lowest BCUT2D eigenvalue weighted by molar-refractivity contribution is -0.601. The Morgan fingerprint density at radius 3 is 1.48 bits per heavy atom. The number of nitrogens with zero attached hydrogens (tertiary/aromatic N) is 2. The molecule has 0 aliphatic carbocycles. The van der Waals surface area contributed by atoms with Crippen LogP contribution in [0.3, 0.4) is 0 Å². The highest BCUT2D eigenvalue weighted by Gasteiger charge is 2.24. The highest BCUT2D eigenvalue weighted by Crippen LogP contribution is 2.31. The van der Waals surface area contributed by atoms with Crippen LogP contribution < -0.4 is 10.1 Å². The molecule has 3 heteroatoms. The smallest absolute Gasteiger partial charge is 0.241 e. The molecule has 1 aromatic heterocycles. The largest absolute Gasteiger partial charge is 0.342 e. The van der Waals surface area contributed by atoms with Crippen molar-refractivity contribution in [3.05, 3.63) is 87.6 Å². The molecule has 0 bridgehead atoms. The highest BCUT2D eigenvalue weighted by molar-refractivity contribution is 5.51. The zero-order valence-corrected chi connectivity index (χ0v) is 20.3. The van der Waals surface area contributed by atoms with Crippen LogP contribution in [0, 0.1) is 0 Å². The van der Waals surface area contributed by atoms with Gasteiger partial charge in [0.15, 0.2) is 0 Å². The van der Waals surface area contributed by atoms with Crippen LogP contribution in [-0.4, -0.2) is 4.57 Å². The summed E-state index contributed by atoms with van der Waals surface area (Å²) in [6.45, 7) is 17.7. The van der Waals surface area contributed by atoms with Crippen LogP contribution in [0.5, 0.6) is 0 Å². The van der Waals surface area contributed by atoms with Gasteiger partial charge in [-0.3, -0.25) is 0 Å². The summed E-state index contributed by atoms with van der Waals surface area (Å²) < 4.78 is 4.00. The lowest BCUT2D eigenvalue weighted by Gasteiger charge is -2.19. The van der Waals surface area contributed by atoms with Crippen LogP contribution in [-0.2, 0) is 0 Å². The van der Waals surface area contributed by atoms with Gasteiger partial charge >= 0.3 is 5.56 Å². The van der Waals surface area contributed by atoms with E-state index < -0.39 is 0 Å². The zero-order chi connectivity index (χ0) is 22.9. The van der Waals surface area contributed by atoms with E-state index in [1.165, 1.54) is 27.9 Å². The first kappa shape index (κ1) is 23.0. The number of para-hydroxylation sites is 2. The number of hydrogen-bond donors (Lipinski definition) is 0. The van der Waals surface area contributed by atoms with Gasteiger partial charge < -0.3 is 0 Å². The van der Waals surface area contributed by atoms with E-state index in [4.69, 9.17) is 0 Å². The van der Waals surface area contributed by atoms with Gasteiger partial charge in [-0.15, -0.1) is 0 Å². The van der Waals surface area contributed by atoms with Gasteiger partial charge in [0, 0.05) is 22.3 Å². The number of rotatable bonds is 6. The summed E-state index contributed by atoms with van der Waals surface area (Å²) in [6.07, 6.45) is 3.90. The van der Waals surface area contributed by atoms with Crippen molar-refractivity contribution in [2.75, 3.05) is 0 Å². The molecule has 0 aliphatic rings. The van der Waals surface area contributed by atoms with E-state index in [1.54, 1.807) is 6.07 Å². The number of aromatic nitrogens is 2. The maximum absolute atomic E-state index is 13.1. The third kappa shape index (κ3) is 4.51. The summed E-state index contributed by atoms with van der Waals surface area (Å²) in [5.41, 5.74) is 7.21. The van der Waals surface area contributed by atoms with Gasteiger partial charge in [0.1, 0.15) is 17.6 Å². The Labute approximate surface area is 187 Å². The maximum Gasteiger partial charge on any atom is 0.342 e. The molecule has 0 atom stereocenters. The van der Waals surface area contributed by atoms with E-state index in [9.17, 15) is 4.79 Å². The molecule has 0 amide bonds. The quantitative estimate of drug-likeness (QED) is 0.415. The van der Waals surface area contributed by atoms with Crippen LogP contribution in [0.1, 0.15) is 101 Å². The van der Waals surface area contributed by atoms with Crippen LogP contribution >= 0.6 is 0 Å². The second-order valence-corrected chi connectivity index (χ2v) is 9.74. The van der Waals surface area contributed by atoms with Crippen molar-refractivity contribution in [3.63, 3.8) is 0 Å². The molecule has 3 aromatic rings. The average Bonchev–Trinajstić information content (AvgIpc) is 2.72. The van der Waals surface area contributed by atoms with E-state index >= 15 is 0 Å². The molecule has 0 unspecified atom stereocenters. The van der Waals surface area contributed by atoms with Crippen molar-refractivity contribution in [1.82, 2.24) is 4.57 Å². The lowest BCUT2D eigenvalue weighted by atomic mass is 9.92. The van der Waals surface area contributed by atoms with E-state index in [2.05, 4.69) is 96.4 Å². The monoisotopic (exact) mass is 417 g/mol. The Morgan fingerprint density at radius 1 is 0.645 bits per heavy atom. The van der Waals surface area contributed by atoms with E-state index in [-0.39, 0.29) is 5.56 Å². The molecule has 1 heterocycles. The van der Waals surface area contributed by atoms with Crippen molar-refractivity contribution in [2.24, 2.45) is 0 Å². The third-order valence-corrected chi connectivity index (χ3v) is 6.04. The van der Waals surface area contributed by atoms with Gasteiger partial charge in [-0.2, -0.15) is 4.57 Å². The molecule has 2 aromatic carbocycles. The summed E-state index contributed by atoms with van der Waals surface area (Å²) in [6, 6.07) is 14.7. The standard InChI is InChI=1S/C28H37N2O/c1-18(2)22-11-9-12-23(19(3)4)27(22)29-16-15-26(31)30(17-29)28-24(20(5)6)13-10-14-25(28)21(7)8/h9-21H,1-8H3/q+1. The Kier molecular flexibility index (Phi) is 6.83. The van der Waals surface area contributed by atoms with Crippen LogP contribution in [0.2, 0.25) is 0 Å². The first-order chi connectivity index (χ1) is 14.6. The molecular weight excluding hydrogens is 380 g/mol. The highest BCUT2D eigenvalue weighted by atomic mass is 16.1. The van der Waals surface area contributed by atoms with Crippen LogP contribution in [0.25, 0.3) is 11.4 Å². The fraction of sp³-hybridized carbons (Fsp3) is 0.429. The number of benzene rings is 2. The van der Waals surface area contributed by atoms with Gasteiger partial charge in [-0.1, -0.05) is 91.8 Å². The van der Waals surface area contributed by atoms with E-state index in [0.717, 1.165) is 5.69 Å². The van der Waals surface area contributed by atoms with Crippen molar-refractivity contribution in [1.29, 1.82) is 0 Å². The Hall–Kier alpha value is -2.68. The zero-order valence-electron chi connectivity index (χ0n) is 20.3. The predicted octanol–water partition coefficient (Wildman–Crippen LogP) is 6.61. The molecule has 0 N–H and O–H groups in total.